The topological polar surface area (TPSA) is 107 Å². The van der Waals surface area contributed by atoms with E-state index in [1.165, 1.54) is 0 Å². The van der Waals surface area contributed by atoms with Crippen molar-refractivity contribution < 1.29 is 28.0 Å². The molecular weight excluding hydrogens is 355 g/mol. The van der Waals surface area contributed by atoms with Gasteiger partial charge in [0.1, 0.15) is 5.69 Å². The number of halogens is 3. The van der Waals surface area contributed by atoms with Gasteiger partial charge >= 0.3 is 6.18 Å². The van der Waals surface area contributed by atoms with Crippen LogP contribution in [0.5, 0.6) is 0 Å². The first kappa shape index (κ1) is 21.6. The van der Waals surface area contributed by atoms with Gasteiger partial charge in [0, 0.05) is 6.20 Å². The van der Waals surface area contributed by atoms with E-state index in [0.29, 0.717) is 17.6 Å². The molecule has 1 aromatic heterocycles. The van der Waals surface area contributed by atoms with Crippen LogP contribution in [0.25, 0.3) is 0 Å². The van der Waals surface area contributed by atoms with Crippen molar-refractivity contribution in [3.05, 3.63) is 18.0 Å². The molecule has 0 saturated carbocycles. The van der Waals surface area contributed by atoms with E-state index in [1.54, 1.807) is 0 Å². The second kappa shape index (κ2) is 9.90. The SMILES string of the molecule is CCC(CC)C[C@@H](CN(O)C=O)C(=O)NNc1nccc(C(F)(F)F)n1. The van der Waals surface area contributed by atoms with Crippen LogP contribution in [-0.2, 0) is 15.8 Å². The minimum atomic E-state index is -4.64. The summed E-state index contributed by atoms with van der Waals surface area (Å²) in [6.45, 7) is 3.67. The van der Waals surface area contributed by atoms with Crippen LogP contribution in [0.3, 0.4) is 0 Å². The number of aromatic nitrogens is 2. The Morgan fingerprint density at radius 1 is 1.38 bits per heavy atom. The van der Waals surface area contributed by atoms with Crippen molar-refractivity contribution in [2.75, 3.05) is 12.0 Å². The Hall–Kier alpha value is -2.43. The molecule has 0 aromatic carbocycles. The molecule has 0 fully saturated rings. The Morgan fingerprint density at radius 3 is 2.58 bits per heavy atom. The predicted molar refractivity (Wildman–Crippen MR) is 85.5 cm³/mol. The molecule has 1 atom stereocenters. The van der Waals surface area contributed by atoms with Gasteiger partial charge in [-0.3, -0.25) is 25.6 Å². The molecule has 1 rings (SSSR count). The molecular formula is C15H22F3N5O3. The maximum atomic E-state index is 12.6. The third-order valence-electron chi connectivity index (χ3n) is 3.92. The highest BCUT2D eigenvalue weighted by molar-refractivity contribution is 5.80. The van der Waals surface area contributed by atoms with E-state index in [-0.39, 0.29) is 18.9 Å². The van der Waals surface area contributed by atoms with Crippen LogP contribution in [-0.4, -0.2) is 39.1 Å². The summed E-state index contributed by atoms with van der Waals surface area (Å²) in [7, 11) is 0. The number of anilines is 1. The number of hydrazine groups is 1. The highest BCUT2D eigenvalue weighted by atomic mass is 19.4. The summed E-state index contributed by atoms with van der Waals surface area (Å²) in [5.41, 5.74) is 3.30. The lowest BCUT2D eigenvalue weighted by molar-refractivity contribution is -0.154. The number of hydrogen-bond donors (Lipinski definition) is 3. The maximum Gasteiger partial charge on any atom is 0.433 e. The van der Waals surface area contributed by atoms with Crippen molar-refractivity contribution in [3.8, 4) is 0 Å². The fourth-order valence-electron chi connectivity index (χ4n) is 2.35. The Morgan fingerprint density at radius 2 is 2.04 bits per heavy atom. The van der Waals surface area contributed by atoms with Crippen molar-refractivity contribution in [3.63, 3.8) is 0 Å². The Labute approximate surface area is 148 Å². The number of nitrogens with zero attached hydrogens (tertiary/aromatic N) is 3. The lowest BCUT2D eigenvalue weighted by Gasteiger charge is -2.23. The Balaban J connectivity index is 2.78. The predicted octanol–water partition coefficient (Wildman–Crippen LogP) is 2.23. The van der Waals surface area contributed by atoms with Gasteiger partial charge in [0.15, 0.2) is 0 Å². The standard InChI is InChI=1S/C15H22F3N5O3/c1-3-10(4-2)7-11(8-23(26)9-24)13(25)21-22-14-19-6-5-12(20-14)15(16,17)18/h5-6,9-11,26H,3-4,7-8H2,1-2H3,(H,21,25)(H,19,20,22)/t11-/m0/s1. The normalized spacial score (nSPS) is 12.6. The van der Waals surface area contributed by atoms with Gasteiger partial charge in [0.2, 0.25) is 18.3 Å². The monoisotopic (exact) mass is 377 g/mol. The first-order chi connectivity index (χ1) is 12.2. The average Bonchev–Trinajstić information content (AvgIpc) is 2.62. The van der Waals surface area contributed by atoms with Crippen LogP contribution in [0.4, 0.5) is 19.1 Å². The summed E-state index contributed by atoms with van der Waals surface area (Å²) < 4.78 is 37.9. The first-order valence-electron chi connectivity index (χ1n) is 8.08. The third-order valence-corrected chi connectivity index (χ3v) is 3.92. The van der Waals surface area contributed by atoms with Crippen molar-refractivity contribution in [1.29, 1.82) is 0 Å². The zero-order chi connectivity index (χ0) is 19.7. The number of carbonyl (C=O) groups is 2. The van der Waals surface area contributed by atoms with Gasteiger partial charge < -0.3 is 0 Å². The van der Waals surface area contributed by atoms with E-state index >= 15 is 0 Å². The largest absolute Gasteiger partial charge is 0.433 e. The van der Waals surface area contributed by atoms with E-state index in [0.717, 1.165) is 19.0 Å². The van der Waals surface area contributed by atoms with Crippen molar-refractivity contribution in [2.24, 2.45) is 11.8 Å². The molecule has 0 spiro atoms. The summed E-state index contributed by atoms with van der Waals surface area (Å²) >= 11 is 0. The Bertz CT molecular complexity index is 596. The number of rotatable bonds is 10. The minimum Gasteiger partial charge on any atom is -0.286 e. The number of hydroxylamine groups is 2. The number of alkyl halides is 3. The number of amides is 2. The van der Waals surface area contributed by atoms with Gasteiger partial charge in [-0.1, -0.05) is 26.7 Å². The molecule has 0 aliphatic heterocycles. The molecule has 11 heteroatoms. The average molecular weight is 377 g/mol. The highest BCUT2D eigenvalue weighted by Crippen LogP contribution is 2.27. The molecule has 8 nitrogen and oxygen atoms in total. The number of hydrogen-bond acceptors (Lipinski definition) is 6. The fourth-order valence-corrected chi connectivity index (χ4v) is 2.35. The molecule has 0 saturated heterocycles. The van der Waals surface area contributed by atoms with Gasteiger partial charge in [-0.2, -0.15) is 13.2 Å². The molecule has 0 radical (unpaired) electrons. The van der Waals surface area contributed by atoms with Gasteiger partial charge in [-0.15, -0.1) is 0 Å². The van der Waals surface area contributed by atoms with Crippen LogP contribution in [0.15, 0.2) is 12.3 Å². The zero-order valence-electron chi connectivity index (χ0n) is 14.5. The second-order valence-electron chi connectivity index (χ2n) is 5.72. The van der Waals surface area contributed by atoms with Gasteiger partial charge in [0.05, 0.1) is 12.5 Å². The molecule has 0 bridgehead atoms. The second-order valence-corrected chi connectivity index (χ2v) is 5.72. The molecule has 26 heavy (non-hydrogen) atoms. The molecule has 2 amide bonds. The van der Waals surface area contributed by atoms with Crippen LogP contribution in [0.1, 0.15) is 38.8 Å². The quantitative estimate of drug-likeness (QED) is 0.328. The van der Waals surface area contributed by atoms with E-state index in [2.05, 4.69) is 20.8 Å². The fraction of sp³-hybridized carbons (Fsp3) is 0.600. The van der Waals surface area contributed by atoms with E-state index < -0.39 is 29.6 Å². The summed E-state index contributed by atoms with van der Waals surface area (Å²) in [5.74, 6) is -1.59. The summed E-state index contributed by atoms with van der Waals surface area (Å²) in [5, 5.41) is 9.72. The zero-order valence-corrected chi connectivity index (χ0v) is 14.5. The maximum absolute atomic E-state index is 12.6. The molecule has 0 aliphatic rings. The van der Waals surface area contributed by atoms with Crippen LogP contribution in [0, 0.1) is 11.8 Å². The van der Waals surface area contributed by atoms with Gasteiger partial charge in [-0.25, -0.2) is 15.0 Å². The molecule has 1 aromatic rings. The lowest BCUT2D eigenvalue weighted by Crippen LogP contribution is -2.41. The van der Waals surface area contributed by atoms with E-state index in [9.17, 15) is 28.0 Å². The number of carbonyl (C=O) groups excluding carboxylic acids is 2. The van der Waals surface area contributed by atoms with E-state index in [1.807, 2.05) is 13.8 Å². The summed E-state index contributed by atoms with van der Waals surface area (Å²) in [4.78, 5) is 29.8. The lowest BCUT2D eigenvalue weighted by atomic mass is 9.90. The molecule has 0 aliphatic carbocycles. The summed E-state index contributed by atoms with van der Waals surface area (Å²) in [6.07, 6.45) is -1.55. The first-order valence-corrected chi connectivity index (χ1v) is 8.08. The van der Waals surface area contributed by atoms with Crippen molar-refractivity contribution in [2.45, 2.75) is 39.3 Å². The molecule has 3 N–H and O–H groups in total. The van der Waals surface area contributed by atoms with Crippen LogP contribution in [0.2, 0.25) is 0 Å². The highest BCUT2D eigenvalue weighted by Gasteiger charge is 2.33. The minimum absolute atomic E-state index is 0.177. The van der Waals surface area contributed by atoms with E-state index in [4.69, 9.17) is 0 Å². The molecule has 0 unspecified atom stereocenters. The summed E-state index contributed by atoms with van der Waals surface area (Å²) in [6, 6.07) is 0.705. The number of nitrogens with one attached hydrogen (secondary N) is 2. The Kier molecular flexibility index (Phi) is 8.23. The van der Waals surface area contributed by atoms with Crippen LogP contribution >= 0.6 is 0 Å². The van der Waals surface area contributed by atoms with Gasteiger partial charge in [0.25, 0.3) is 0 Å². The van der Waals surface area contributed by atoms with Crippen molar-refractivity contribution >= 4 is 18.3 Å². The van der Waals surface area contributed by atoms with Gasteiger partial charge in [-0.05, 0) is 18.4 Å². The third kappa shape index (κ3) is 6.82. The molecule has 1 heterocycles. The smallest absolute Gasteiger partial charge is 0.286 e. The molecule has 146 valence electrons. The van der Waals surface area contributed by atoms with Crippen molar-refractivity contribution in [1.82, 2.24) is 20.5 Å². The van der Waals surface area contributed by atoms with Crippen LogP contribution < -0.4 is 10.9 Å².